The Hall–Kier alpha value is -2.29. The number of para-hydroxylation sites is 1. The molecule has 0 heterocycles. The Morgan fingerprint density at radius 3 is 2.52 bits per heavy atom. The van der Waals surface area contributed by atoms with Crippen molar-refractivity contribution in [3.8, 4) is 0 Å². The van der Waals surface area contributed by atoms with Crippen molar-refractivity contribution in [2.75, 3.05) is 25.0 Å². The van der Waals surface area contributed by atoms with E-state index in [1.54, 1.807) is 0 Å². The minimum Gasteiger partial charge on any atom is -0.375 e. The van der Waals surface area contributed by atoms with Gasteiger partial charge >= 0.3 is 0 Å². The van der Waals surface area contributed by atoms with Crippen LogP contribution in [0.1, 0.15) is 30.9 Å². The highest BCUT2D eigenvalue weighted by Gasteiger charge is 2.36. The molecule has 0 unspecified atom stereocenters. The van der Waals surface area contributed by atoms with Crippen molar-refractivity contribution in [2.45, 2.75) is 32.6 Å². The number of anilines is 1. The van der Waals surface area contributed by atoms with Crippen LogP contribution in [-0.2, 0) is 17.6 Å². The molecule has 1 amide bonds. The van der Waals surface area contributed by atoms with E-state index < -0.39 is 0 Å². The molecular weight excluding hydrogens is 308 g/mol. The number of rotatable bonds is 6. The highest BCUT2D eigenvalue weighted by Crippen LogP contribution is 2.35. The second kappa shape index (κ2) is 7.73. The molecule has 1 N–H and O–H groups in total. The zero-order chi connectivity index (χ0) is 17.7. The topological polar surface area (TPSA) is 32.3 Å². The summed E-state index contributed by atoms with van der Waals surface area (Å²) in [7, 11) is 2.09. The van der Waals surface area contributed by atoms with Crippen LogP contribution in [0.4, 0.5) is 5.69 Å². The quantitative estimate of drug-likeness (QED) is 0.813. The number of nitrogens with zero attached hydrogens (tertiary/aromatic N) is 1. The van der Waals surface area contributed by atoms with Crippen molar-refractivity contribution in [1.29, 1.82) is 0 Å². The summed E-state index contributed by atoms with van der Waals surface area (Å²) in [4.78, 5) is 14.9. The first-order valence-corrected chi connectivity index (χ1v) is 9.20. The standard InChI is InChI=1S/C22H28N2O/c1-22(14-13-18-9-6-7-10-19(18)17-22)21(25)23-15-8-16-24(2)20-11-4-3-5-12-20/h3-7,9-12H,8,13-17H2,1-2H3,(H,23,25)/t22-/m0/s1. The number of hydrogen-bond acceptors (Lipinski definition) is 2. The van der Waals surface area contributed by atoms with Crippen molar-refractivity contribution in [3.05, 3.63) is 65.7 Å². The molecule has 132 valence electrons. The van der Waals surface area contributed by atoms with Gasteiger partial charge in [0, 0.05) is 25.8 Å². The van der Waals surface area contributed by atoms with Crippen LogP contribution in [0.25, 0.3) is 0 Å². The van der Waals surface area contributed by atoms with Crippen molar-refractivity contribution in [3.63, 3.8) is 0 Å². The maximum absolute atomic E-state index is 12.7. The molecule has 0 fully saturated rings. The van der Waals surface area contributed by atoms with Crippen molar-refractivity contribution >= 4 is 11.6 Å². The predicted molar refractivity (Wildman–Crippen MR) is 104 cm³/mol. The molecule has 3 nitrogen and oxygen atoms in total. The highest BCUT2D eigenvalue weighted by atomic mass is 16.2. The minimum atomic E-state index is -0.278. The number of carbonyl (C=O) groups is 1. The van der Waals surface area contributed by atoms with Gasteiger partial charge in [-0.25, -0.2) is 0 Å². The van der Waals surface area contributed by atoms with Gasteiger partial charge in [0.25, 0.3) is 0 Å². The summed E-state index contributed by atoms with van der Waals surface area (Å²) in [5.41, 5.74) is 3.66. The van der Waals surface area contributed by atoms with E-state index in [0.29, 0.717) is 0 Å². The van der Waals surface area contributed by atoms with Crippen LogP contribution < -0.4 is 10.2 Å². The van der Waals surface area contributed by atoms with Crippen LogP contribution in [0.2, 0.25) is 0 Å². The molecule has 0 saturated carbocycles. The summed E-state index contributed by atoms with van der Waals surface area (Å²) >= 11 is 0. The van der Waals surface area contributed by atoms with E-state index >= 15 is 0 Å². The number of hydrogen-bond donors (Lipinski definition) is 1. The molecule has 3 heteroatoms. The molecular formula is C22H28N2O. The van der Waals surface area contributed by atoms with Crippen LogP contribution in [-0.4, -0.2) is 26.0 Å². The van der Waals surface area contributed by atoms with Crippen LogP contribution in [0.3, 0.4) is 0 Å². The lowest BCUT2D eigenvalue weighted by Crippen LogP contribution is -2.43. The molecule has 1 aliphatic rings. The number of fused-ring (bicyclic) bond motifs is 1. The molecule has 2 aromatic rings. The van der Waals surface area contributed by atoms with Gasteiger partial charge in [0.1, 0.15) is 0 Å². The molecule has 1 aliphatic carbocycles. The fraction of sp³-hybridized carbons (Fsp3) is 0.409. The second-order valence-electron chi connectivity index (χ2n) is 7.37. The van der Waals surface area contributed by atoms with Gasteiger partial charge in [0.2, 0.25) is 5.91 Å². The van der Waals surface area contributed by atoms with Gasteiger partial charge in [0.05, 0.1) is 5.41 Å². The van der Waals surface area contributed by atoms with Gasteiger partial charge in [-0.1, -0.05) is 49.4 Å². The maximum atomic E-state index is 12.7. The largest absolute Gasteiger partial charge is 0.375 e. The third kappa shape index (κ3) is 4.22. The smallest absolute Gasteiger partial charge is 0.226 e. The molecule has 0 aliphatic heterocycles. The molecule has 3 rings (SSSR count). The van der Waals surface area contributed by atoms with E-state index in [4.69, 9.17) is 0 Å². The fourth-order valence-electron chi connectivity index (χ4n) is 3.63. The van der Waals surface area contributed by atoms with Gasteiger partial charge < -0.3 is 10.2 Å². The summed E-state index contributed by atoms with van der Waals surface area (Å²) in [5.74, 6) is 0.198. The molecule has 2 aromatic carbocycles. The number of benzene rings is 2. The summed E-state index contributed by atoms with van der Waals surface area (Å²) in [6, 6.07) is 18.9. The summed E-state index contributed by atoms with van der Waals surface area (Å²) in [6.45, 7) is 3.77. The summed E-state index contributed by atoms with van der Waals surface area (Å²) in [6.07, 6.45) is 3.72. The average Bonchev–Trinajstić information content (AvgIpc) is 2.65. The molecule has 0 spiro atoms. The lowest BCUT2D eigenvalue weighted by atomic mass is 9.72. The predicted octanol–water partition coefficient (Wildman–Crippen LogP) is 3.82. The lowest BCUT2D eigenvalue weighted by Gasteiger charge is -2.33. The zero-order valence-electron chi connectivity index (χ0n) is 15.3. The highest BCUT2D eigenvalue weighted by molar-refractivity contribution is 5.83. The van der Waals surface area contributed by atoms with E-state index in [1.165, 1.54) is 16.8 Å². The molecule has 1 atom stereocenters. The Morgan fingerprint density at radius 1 is 1.08 bits per heavy atom. The number of amides is 1. The van der Waals surface area contributed by atoms with Crippen LogP contribution in [0, 0.1) is 5.41 Å². The minimum absolute atomic E-state index is 0.198. The van der Waals surface area contributed by atoms with Gasteiger partial charge in [-0.15, -0.1) is 0 Å². The lowest BCUT2D eigenvalue weighted by molar-refractivity contribution is -0.130. The third-order valence-corrected chi connectivity index (χ3v) is 5.35. The van der Waals surface area contributed by atoms with Gasteiger partial charge in [-0.2, -0.15) is 0 Å². The first kappa shape index (κ1) is 17.5. The normalized spacial score (nSPS) is 19.1. The SMILES string of the molecule is CN(CCCNC(=O)[C@@]1(C)CCc2ccccc2C1)c1ccccc1. The van der Waals surface area contributed by atoms with E-state index in [9.17, 15) is 4.79 Å². The molecule has 0 saturated heterocycles. The second-order valence-corrected chi connectivity index (χ2v) is 7.37. The van der Waals surface area contributed by atoms with Crippen LogP contribution in [0.15, 0.2) is 54.6 Å². The van der Waals surface area contributed by atoms with Crippen molar-refractivity contribution in [2.24, 2.45) is 5.41 Å². The Kier molecular flexibility index (Phi) is 5.42. The molecule has 0 bridgehead atoms. The first-order valence-electron chi connectivity index (χ1n) is 9.20. The van der Waals surface area contributed by atoms with E-state index in [0.717, 1.165) is 38.8 Å². The third-order valence-electron chi connectivity index (χ3n) is 5.35. The van der Waals surface area contributed by atoms with E-state index in [1.807, 2.05) is 6.07 Å². The summed E-state index contributed by atoms with van der Waals surface area (Å²) in [5, 5.41) is 3.16. The summed E-state index contributed by atoms with van der Waals surface area (Å²) < 4.78 is 0. The monoisotopic (exact) mass is 336 g/mol. The zero-order valence-corrected chi connectivity index (χ0v) is 15.3. The van der Waals surface area contributed by atoms with E-state index in [-0.39, 0.29) is 11.3 Å². The van der Waals surface area contributed by atoms with E-state index in [2.05, 4.69) is 72.7 Å². The van der Waals surface area contributed by atoms with Crippen LogP contribution >= 0.6 is 0 Å². The number of nitrogens with one attached hydrogen (secondary N) is 1. The van der Waals surface area contributed by atoms with Crippen molar-refractivity contribution in [1.82, 2.24) is 5.32 Å². The Balaban J connectivity index is 1.47. The fourth-order valence-corrected chi connectivity index (χ4v) is 3.63. The molecule has 0 radical (unpaired) electrons. The molecule has 25 heavy (non-hydrogen) atoms. The van der Waals surface area contributed by atoms with Crippen molar-refractivity contribution < 1.29 is 4.79 Å². The Bertz CT molecular complexity index is 713. The number of carbonyl (C=O) groups excluding carboxylic acids is 1. The Morgan fingerprint density at radius 2 is 1.76 bits per heavy atom. The first-order chi connectivity index (χ1) is 12.1. The van der Waals surface area contributed by atoms with Gasteiger partial charge in [-0.3, -0.25) is 4.79 Å². The van der Waals surface area contributed by atoms with Crippen LogP contribution in [0.5, 0.6) is 0 Å². The molecule has 0 aromatic heterocycles. The average molecular weight is 336 g/mol. The van der Waals surface area contributed by atoms with Gasteiger partial charge in [0.15, 0.2) is 0 Å². The van der Waals surface area contributed by atoms with Gasteiger partial charge in [-0.05, 0) is 48.9 Å². The number of aryl methyl sites for hydroxylation is 1. The maximum Gasteiger partial charge on any atom is 0.226 e. The Labute approximate surface area is 151 Å².